The van der Waals surface area contributed by atoms with Crippen molar-refractivity contribution in [2.24, 2.45) is 0 Å². The van der Waals surface area contributed by atoms with Gasteiger partial charge in [-0.1, -0.05) is 36.4 Å². The Morgan fingerprint density at radius 3 is 2.18 bits per heavy atom. The van der Waals surface area contributed by atoms with Gasteiger partial charge in [0.2, 0.25) is 0 Å². The molecular formula is C15H10F4O3. The number of carbonyl (C=O) groups is 1. The number of aliphatic hydroxyl groups is 1. The number of aliphatic hydroxyl groups excluding tert-OH is 1. The van der Waals surface area contributed by atoms with Gasteiger partial charge in [0, 0.05) is 11.1 Å². The van der Waals surface area contributed by atoms with Gasteiger partial charge in [-0.2, -0.15) is 13.2 Å². The van der Waals surface area contributed by atoms with Crippen LogP contribution in [0.2, 0.25) is 0 Å². The second-order valence-corrected chi connectivity index (χ2v) is 4.49. The molecule has 3 nitrogen and oxygen atoms in total. The van der Waals surface area contributed by atoms with E-state index in [1.807, 2.05) is 0 Å². The average Bonchev–Trinajstić information content (AvgIpc) is 2.46. The molecule has 7 heteroatoms. The van der Waals surface area contributed by atoms with Gasteiger partial charge in [-0.25, -0.2) is 9.18 Å². The highest BCUT2D eigenvalue weighted by Crippen LogP contribution is 2.38. The van der Waals surface area contributed by atoms with E-state index < -0.39 is 46.3 Å². The summed E-state index contributed by atoms with van der Waals surface area (Å²) in [6, 6.07) is 7.65. The lowest BCUT2D eigenvalue weighted by atomic mass is 9.95. The van der Waals surface area contributed by atoms with E-state index in [1.54, 1.807) is 0 Å². The Hall–Kier alpha value is -2.41. The molecule has 0 aliphatic carbocycles. The molecule has 0 bridgehead atoms. The highest BCUT2D eigenvalue weighted by atomic mass is 19.4. The summed E-state index contributed by atoms with van der Waals surface area (Å²) in [5, 5.41) is 18.1. The van der Waals surface area contributed by atoms with Crippen molar-refractivity contribution in [2.45, 2.75) is 12.3 Å². The molecule has 0 aliphatic rings. The Morgan fingerprint density at radius 1 is 1.00 bits per heavy atom. The van der Waals surface area contributed by atoms with Gasteiger partial charge in [0.25, 0.3) is 0 Å². The number of halogens is 4. The van der Waals surface area contributed by atoms with E-state index in [-0.39, 0.29) is 0 Å². The first-order chi connectivity index (χ1) is 10.2. The van der Waals surface area contributed by atoms with Crippen LogP contribution in [0.3, 0.4) is 0 Å². The van der Waals surface area contributed by atoms with Crippen LogP contribution in [0.25, 0.3) is 11.1 Å². The van der Waals surface area contributed by atoms with E-state index in [9.17, 15) is 27.5 Å². The summed E-state index contributed by atoms with van der Waals surface area (Å²) < 4.78 is 53.3. The van der Waals surface area contributed by atoms with Crippen LogP contribution in [0, 0.1) is 5.82 Å². The fourth-order valence-electron chi connectivity index (χ4n) is 2.07. The zero-order valence-electron chi connectivity index (χ0n) is 10.9. The minimum atomic E-state index is -4.69. The summed E-state index contributed by atoms with van der Waals surface area (Å²) in [6.07, 6.45) is -6.84. The van der Waals surface area contributed by atoms with Crippen LogP contribution in [0.5, 0.6) is 0 Å². The molecule has 0 saturated carbocycles. The number of aliphatic carboxylic acids is 1. The van der Waals surface area contributed by atoms with Gasteiger partial charge in [-0.15, -0.1) is 0 Å². The molecule has 2 rings (SSSR count). The van der Waals surface area contributed by atoms with E-state index in [0.29, 0.717) is 0 Å². The molecule has 116 valence electrons. The standard InChI is InChI=1S/C15H10F4O3/c16-12-9(5-3-6-10(12)13(20)14(21)22)8-4-1-2-7-11(8)15(17,18)19/h1-7,13,20H,(H,21,22). The minimum absolute atomic E-state index is 0.424. The third-order valence-electron chi connectivity index (χ3n) is 3.08. The molecule has 0 spiro atoms. The number of benzene rings is 2. The number of hydrogen-bond acceptors (Lipinski definition) is 2. The van der Waals surface area contributed by atoms with Crippen LogP contribution >= 0.6 is 0 Å². The zero-order chi connectivity index (χ0) is 16.5. The molecule has 0 aromatic heterocycles. The Kier molecular flexibility index (Phi) is 4.18. The number of rotatable bonds is 3. The highest BCUT2D eigenvalue weighted by Gasteiger charge is 2.34. The fraction of sp³-hybridized carbons (Fsp3) is 0.133. The summed E-state index contributed by atoms with van der Waals surface area (Å²) in [5.41, 5.74) is -2.49. The van der Waals surface area contributed by atoms with Crippen molar-refractivity contribution in [3.8, 4) is 11.1 Å². The Balaban J connectivity index is 2.66. The molecule has 0 heterocycles. The highest BCUT2D eigenvalue weighted by molar-refractivity contribution is 5.76. The van der Waals surface area contributed by atoms with Crippen molar-refractivity contribution in [1.29, 1.82) is 0 Å². The van der Waals surface area contributed by atoms with Crippen molar-refractivity contribution >= 4 is 5.97 Å². The molecule has 0 fully saturated rings. The van der Waals surface area contributed by atoms with Crippen LogP contribution in [-0.2, 0) is 11.0 Å². The van der Waals surface area contributed by atoms with Gasteiger partial charge < -0.3 is 10.2 Å². The topological polar surface area (TPSA) is 57.5 Å². The lowest BCUT2D eigenvalue weighted by molar-refractivity contribution is -0.147. The molecule has 0 saturated heterocycles. The van der Waals surface area contributed by atoms with Crippen molar-refractivity contribution in [3.05, 3.63) is 59.4 Å². The van der Waals surface area contributed by atoms with Crippen LogP contribution in [0.1, 0.15) is 17.2 Å². The average molecular weight is 314 g/mol. The van der Waals surface area contributed by atoms with Crippen molar-refractivity contribution in [1.82, 2.24) is 0 Å². The third-order valence-corrected chi connectivity index (χ3v) is 3.08. The van der Waals surface area contributed by atoms with Crippen LogP contribution in [0.4, 0.5) is 17.6 Å². The predicted molar refractivity (Wildman–Crippen MR) is 69.4 cm³/mol. The van der Waals surface area contributed by atoms with Crippen molar-refractivity contribution in [3.63, 3.8) is 0 Å². The summed E-state index contributed by atoms with van der Waals surface area (Å²) in [7, 11) is 0. The number of alkyl halides is 3. The van der Waals surface area contributed by atoms with Crippen LogP contribution in [-0.4, -0.2) is 16.2 Å². The summed E-state index contributed by atoms with van der Waals surface area (Å²) in [4.78, 5) is 10.7. The maximum absolute atomic E-state index is 14.3. The van der Waals surface area contributed by atoms with E-state index >= 15 is 0 Å². The summed E-state index contributed by atoms with van der Waals surface area (Å²) in [5.74, 6) is -2.89. The molecule has 22 heavy (non-hydrogen) atoms. The molecule has 0 radical (unpaired) electrons. The molecule has 0 amide bonds. The van der Waals surface area contributed by atoms with Gasteiger partial charge in [-0.05, 0) is 11.6 Å². The van der Waals surface area contributed by atoms with Gasteiger partial charge in [0.15, 0.2) is 6.10 Å². The fourth-order valence-corrected chi connectivity index (χ4v) is 2.07. The van der Waals surface area contributed by atoms with E-state index in [0.717, 1.165) is 24.3 Å². The first-order valence-electron chi connectivity index (χ1n) is 6.09. The first-order valence-corrected chi connectivity index (χ1v) is 6.09. The number of hydrogen-bond donors (Lipinski definition) is 2. The van der Waals surface area contributed by atoms with Crippen LogP contribution < -0.4 is 0 Å². The largest absolute Gasteiger partial charge is 0.479 e. The van der Waals surface area contributed by atoms with Crippen molar-refractivity contribution < 1.29 is 32.6 Å². The molecular weight excluding hydrogens is 304 g/mol. The maximum Gasteiger partial charge on any atom is 0.417 e. The quantitative estimate of drug-likeness (QED) is 0.851. The first kappa shape index (κ1) is 16.0. The number of carboxylic acid groups (broad SMARTS) is 1. The normalized spacial score (nSPS) is 13.0. The Labute approximate surface area is 122 Å². The van der Waals surface area contributed by atoms with E-state index in [1.165, 1.54) is 18.2 Å². The maximum atomic E-state index is 14.3. The molecule has 2 aromatic carbocycles. The van der Waals surface area contributed by atoms with E-state index in [2.05, 4.69) is 0 Å². The molecule has 2 N–H and O–H groups in total. The SMILES string of the molecule is O=C(O)C(O)c1cccc(-c2ccccc2C(F)(F)F)c1F. The van der Waals surface area contributed by atoms with Gasteiger partial charge in [-0.3, -0.25) is 0 Å². The Morgan fingerprint density at radius 2 is 1.59 bits per heavy atom. The lowest BCUT2D eigenvalue weighted by Gasteiger charge is -2.15. The molecule has 0 aliphatic heterocycles. The number of carboxylic acids is 1. The lowest BCUT2D eigenvalue weighted by Crippen LogP contribution is -2.13. The molecule has 2 aromatic rings. The van der Waals surface area contributed by atoms with Gasteiger partial charge in [0.1, 0.15) is 5.82 Å². The zero-order valence-corrected chi connectivity index (χ0v) is 10.9. The van der Waals surface area contributed by atoms with Crippen molar-refractivity contribution in [2.75, 3.05) is 0 Å². The minimum Gasteiger partial charge on any atom is -0.479 e. The monoisotopic (exact) mass is 314 g/mol. The summed E-state index contributed by atoms with van der Waals surface area (Å²) in [6.45, 7) is 0. The molecule has 1 atom stereocenters. The van der Waals surface area contributed by atoms with Gasteiger partial charge in [0.05, 0.1) is 5.56 Å². The summed E-state index contributed by atoms with van der Waals surface area (Å²) >= 11 is 0. The second kappa shape index (κ2) is 5.76. The third kappa shape index (κ3) is 2.94. The van der Waals surface area contributed by atoms with Gasteiger partial charge >= 0.3 is 12.1 Å². The Bertz CT molecular complexity index is 710. The predicted octanol–water partition coefficient (Wildman–Crippen LogP) is 3.63. The van der Waals surface area contributed by atoms with Crippen LogP contribution in [0.15, 0.2) is 42.5 Å². The smallest absolute Gasteiger partial charge is 0.417 e. The second-order valence-electron chi connectivity index (χ2n) is 4.49. The molecule has 1 unspecified atom stereocenters. The van der Waals surface area contributed by atoms with E-state index in [4.69, 9.17) is 5.11 Å².